The van der Waals surface area contributed by atoms with Gasteiger partial charge in [0, 0.05) is 29.5 Å². The molecular weight excluding hydrogens is 390 g/mol. The summed E-state index contributed by atoms with van der Waals surface area (Å²) in [6.45, 7) is 1.65. The second-order valence-electron chi connectivity index (χ2n) is 7.04. The highest BCUT2D eigenvalue weighted by Gasteiger charge is 2.26. The van der Waals surface area contributed by atoms with Gasteiger partial charge in [-0.25, -0.2) is 0 Å². The third-order valence-electron chi connectivity index (χ3n) is 5.34. The van der Waals surface area contributed by atoms with E-state index in [0.29, 0.717) is 35.4 Å². The zero-order chi connectivity index (χ0) is 19.8. The van der Waals surface area contributed by atoms with Crippen LogP contribution in [0.1, 0.15) is 27.8 Å². The summed E-state index contributed by atoms with van der Waals surface area (Å²) in [5, 5.41) is 1.19. The summed E-state index contributed by atoms with van der Waals surface area (Å²) in [6, 6.07) is 13.6. The van der Waals surface area contributed by atoms with Crippen LogP contribution in [0.25, 0.3) is 11.0 Å². The van der Waals surface area contributed by atoms with Gasteiger partial charge in [-0.3, -0.25) is 4.79 Å². The van der Waals surface area contributed by atoms with Crippen LogP contribution in [0.15, 0.2) is 46.9 Å². The van der Waals surface area contributed by atoms with Crippen LogP contribution in [-0.2, 0) is 0 Å². The first-order valence-corrected chi connectivity index (χ1v) is 10.6. The van der Waals surface area contributed by atoms with Crippen molar-refractivity contribution in [1.29, 1.82) is 0 Å². The van der Waals surface area contributed by atoms with Crippen molar-refractivity contribution in [3.05, 3.63) is 53.8 Å². The first kappa shape index (κ1) is 18.2. The maximum absolute atomic E-state index is 13.1. The fraction of sp³-hybridized carbons (Fsp3) is 0.318. The largest absolute Gasteiger partial charge is 0.493 e. The average molecular weight is 411 g/mol. The summed E-state index contributed by atoms with van der Waals surface area (Å²) >= 11 is 1.87. The Kier molecular flexibility index (Phi) is 4.75. The lowest BCUT2D eigenvalue weighted by Gasteiger charge is -2.19. The summed E-state index contributed by atoms with van der Waals surface area (Å²) < 4.78 is 22.1. The molecule has 2 aliphatic heterocycles. The van der Waals surface area contributed by atoms with Gasteiger partial charge < -0.3 is 23.5 Å². The minimum Gasteiger partial charge on any atom is -0.493 e. The summed E-state index contributed by atoms with van der Waals surface area (Å²) in [5.74, 6) is 3.39. The molecule has 0 saturated carbocycles. The molecule has 0 spiro atoms. The molecular formula is C22H21NO5S. The zero-order valence-corrected chi connectivity index (χ0v) is 16.9. The minimum atomic E-state index is -0.0739. The number of carbonyl (C=O) groups is 1. The van der Waals surface area contributed by atoms with Crippen molar-refractivity contribution in [2.75, 3.05) is 32.7 Å². The lowest BCUT2D eigenvalue weighted by Crippen LogP contribution is -2.32. The Labute approximate surface area is 172 Å². The Morgan fingerprint density at radius 3 is 2.93 bits per heavy atom. The molecule has 0 bridgehead atoms. The van der Waals surface area contributed by atoms with Gasteiger partial charge in [0.2, 0.25) is 6.79 Å². The number of hydrogen-bond donors (Lipinski definition) is 0. The predicted octanol–water partition coefficient (Wildman–Crippen LogP) is 4.49. The molecule has 3 heterocycles. The molecule has 7 heteroatoms. The van der Waals surface area contributed by atoms with E-state index in [-0.39, 0.29) is 12.7 Å². The summed E-state index contributed by atoms with van der Waals surface area (Å²) in [4.78, 5) is 14.9. The van der Waals surface area contributed by atoms with Gasteiger partial charge in [-0.05, 0) is 36.2 Å². The SMILES string of the molecule is COc1cccc2cc(C(=O)N3CCSC(c4ccc5c(c4)OCO5)CC3)oc12. The molecule has 1 aromatic heterocycles. The van der Waals surface area contributed by atoms with Gasteiger partial charge in [0.1, 0.15) is 0 Å². The maximum Gasteiger partial charge on any atom is 0.289 e. The van der Waals surface area contributed by atoms with Gasteiger partial charge >= 0.3 is 0 Å². The number of ether oxygens (including phenoxy) is 3. The number of amides is 1. The fourth-order valence-electron chi connectivity index (χ4n) is 3.81. The molecule has 1 amide bonds. The molecule has 0 radical (unpaired) electrons. The van der Waals surface area contributed by atoms with E-state index < -0.39 is 0 Å². The molecule has 5 rings (SSSR count). The van der Waals surface area contributed by atoms with Crippen molar-refractivity contribution in [3.63, 3.8) is 0 Å². The van der Waals surface area contributed by atoms with E-state index in [9.17, 15) is 4.79 Å². The molecule has 1 unspecified atom stereocenters. The molecule has 6 nitrogen and oxygen atoms in total. The monoisotopic (exact) mass is 411 g/mol. The van der Waals surface area contributed by atoms with Crippen molar-refractivity contribution >= 4 is 28.6 Å². The van der Waals surface area contributed by atoms with Gasteiger partial charge in [-0.15, -0.1) is 0 Å². The third-order valence-corrected chi connectivity index (χ3v) is 6.66. The Morgan fingerprint density at radius 2 is 2.03 bits per heavy atom. The van der Waals surface area contributed by atoms with E-state index in [2.05, 4.69) is 12.1 Å². The first-order valence-electron chi connectivity index (χ1n) is 9.60. The van der Waals surface area contributed by atoms with Crippen LogP contribution in [0, 0.1) is 0 Å². The zero-order valence-electron chi connectivity index (χ0n) is 16.1. The van der Waals surface area contributed by atoms with Gasteiger partial charge in [-0.2, -0.15) is 11.8 Å². The van der Waals surface area contributed by atoms with Crippen LogP contribution in [0.2, 0.25) is 0 Å². The molecule has 1 fully saturated rings. The third kappa shape index (κ3) is 3.40. The number of furan rings is 1. The molecule has 150 valence electrons. The number of nitrogens with zero attached hydrogens (tertiary/aromatic N) is 1. The molecule has 2 aromatic carbocycles. The normalized spacial score (nSPS) is 18.7. The number of carbonyl (C=O) groups excluding carboxylic acids is 1. The van der Waals surface area contributed by atoms with Crippen molar-refractivity contribution < 1.29 is 23.4 Å². The number of hydrogen-bond acceptors (Lipinski definition) is 6. The maximum atomic E-state index is 13.1. The lowest BCUT2D eigenvalue weighted by atomic mass is 10.1. The van der Waals surface area contributed by atoms with Gasteiger partial charge in [0.15, 0.2) is 28.6 Å². The molecule has 1 atom stereocenters. The lowest BCUT2D eigenvalue weighted by molar-refractivity contribution is 0.0737. The van der Waals surface area contributed by atoms with Crippen molar-refractivity contribution in [3.8, 4) is 17.2 Å². The second kappa shape index (κ2) is 7.55. The Morgan fingerprint density at radius 1 is 1.14 bits per heavy atom. The Hall–Kier alpha value is -2.80. The highest BCUT2D eigenvalue weighted by molar-refractivity contribution is 7.99. The van der Waals surface area contributed by atoms with Gasteiger partial charge in [0.05, 0.1) is 7.11 Å². The van der Waals surface area contributed by atoms with Gasteiger partial charge in [-0.1, -0.05) is 18.2 Å². The standard InChI is InChI=1S/C22H21NO5S/c1-25-17-4-2-3-15-12-19(28-21(15)17)22(24)23-8-7-20(29-10-9-23)14-5-6-16-18(11-14)27-13-26-16/h2-6,11-12,20H,7-10,13H2,1H3. The summed E-state index contributed by atoms with van der Waals surface area (Å²) in [7, 11) is 1.60. The van der Waals surface area contributed by atoms with E-state index >= 15 is 0 Å². The number of benzene rings is 2. The molecule has 0 aliphatic carbocycles. The van der Waals surface area contributed by atoms with Crippen molar-refractivity contribution in [1.82, 2.24) is 4.90 Å². The van der Waals surface area contributed by atoms with Crippen LogP contribution >= 0.6 is 11.8 Å². The highest BCUT2D eigenvalue weighted by atomic mass is 32.2. The summed E-state index contributed by atoms with van der Waals surface area (Å²) in [6.07, 6.45) is 0.875. The highest BCUT2D eigenvalue weighted by Crippen LogP contribution is 2.40. The van der Waals surface area contributed by atoms with E-state index in [0.717, 1.165) is 29.1 Å². The predicted molar refractivity (Wildman–Crippen MR) is 111 cm³/mol. The number of para-hydroxylation sites is 1. The second-order valence-corrected chi connectivity index (χ2v) is 8.35. The van der Waals surface area contributed by atoms with Crippen LogP contribution < -0.4 is 14.2 Å². The first-order chi connectivity index (χ1) is 14.2. The Bertz CT molecular complexity index is 1060. The van der Waals surface area contributed by atoms with E-state index in [1.54, 1.807) is 13.2 Å². The van der Waals surface area contributed by atoms with Crippen LogP contribution in [0.5, 0.6) is 17.2 Å². The van der Waals surface area contributed by atoms with E-state index in [1.165, 1.54) is 5.56 Å². The van der Waals surface area contributed by atoms with E-state index in [4.69, 9.17) is 18.6 Å². The molecule has 3 aromatic rings. The van der Waals surface area contributed by atoms with Crippen LogP contribution in [0.4, 0.5) is 0 Å². The van der Waals surface area contributed by atoms with Crippen molar-refractivity contribution in [2.45, 2.75) is 11.7 Å². The van der Waals surface area contributed by atoms with Crippen LogP contribution in [0.3, 0.4) is 0 Å². The molecule has 2 aliphatic rings. The average Bonchev–Trinajstić information content (AvgIpc) is 3.33. The molecule has 29 heavy (non-hydrogen) atoms. The van der Waals surface area contributed by atoms with Crippen molar-refractivity contribution in [2.24, 2.45) is 0 Å². The Balaban J connectivity index is 1.32. The minimum absolute atomic E-state index is 0.0739. The van der Waals surface area contributed by atoms with Crippen LogP contribution in [-0.4, -0.2) is 43.6 Å². The topological polar surface area (TPSA) is 61.1 Å². The number of methoxy groups -OCH3 is 1. The number of thioether (sulfide) groups is 1. The number of fused-ring (bicyclic) bond motifs is 2. The van der Waals surface area contributed by atoms with E-state index in [1.807, 2.05) is 40.9 Å². The molecule has 1 saturated heterocycles. The molecule has 0 N–H and O–H groups in total. The van der Waals surface area contributed by atoms with Gasteiger partial charge in [0.25, 0.3) is 5.91 Å². The number of rotatable bonds is 3. The fourth-order valence-corrected chi connectivity index (χ4v) is 5.03. The summed E-state index contributed by atoms with van der Waals surface area (Å²) in [5.41, 5.74) is 1.82. The quantitative estimate of drug-likeness (QED) is 0.633. The smallest absolute Gasteiger partial charge is 0.289 e.